The minimum Gasteiger partial charge on any atom is -0.504 e. The van der Waals surface area contributed by atoms with Gasteiger partial charge in [-0.15, -0.1) is 0 Å². The first-order chi connectivity index (χ1) is 6.11. The van der Waals surface area contributed by atoms with Gasteiger partial charge in [-0.3, -0.25) is 0 Å². The van der Waals surface area contributed by atoms with Crippen molar-refractivity contribution >= 4 is 0 Å². The summed E-state index contributed by atoms with van der Waals surface area (Å²) in [6, 6.07) is 3.99. The molecule has 0 saturated carbocycles. The monoisotopic (exact) mass is 186 g/mol. The van der Waals surface area contributed by atoms with E-state index in [0.29, 0.717) is 0 Å². The van der Waals surface area contributed by atoms with Gasteiger partial charge in [0.1, 0.15) is 0 Å². The third-order valence-corrected chi connectivity index (χ3v) is 2.05. The minimum atomic E-state index is -2.88. The summed E-state index contributed by atoms with van der Waals surface area (Å²) in [6.45, 7) is -0.0580. The van der Waals surface area contributed by atoms with Gasteiger partial charge in [0.15, 0.2) is 11.5 Å². The second-order valence-corrected chi connectivity index (χ2v) is 2.96. The Hall–Kier alpha value is -1.32. The van der Waals surface area contributed by atoms with Gasteiger partial charge < -0.3 is 9.84 Å². The predicted molar refractivity (Wildman–Crippen MR) is 42.1 cm³/mol. The summed E-state index contributed by atoms with van der Waals surface area (Å²) in [5, 5.41) is 9.23. The molecule has 0 atom stereocenters. The second-order valence-electron chi connectivity index (χ2n) is 2.96. The molecule has 13 heavy (non-hydrogen) atoms. The average molecular weight is 186 g/mol. The first-order valence-corrected chi connectivity index (χ1v) is 3.94. The Morgan fingerprint density at radius 3 is 2.85 bits per heavy atom. The molecule has 2 nitrogen and oxygen atoms in total. The van der Waals surface area contributed by atoms with Crippen molar-refractivity contribution in [1.82, 2.24) is 0 Å². The van der Waals surface area contributed by atoms with Crippen molar-refractivity contribution in [3.8, 4) is 11.5 Å². The molecule has 70 valence electrons. The van der Waals surface area contributed by atoms with E-state index >= 15 is 0 Å². The number of aromatic hydroxyl groups is 1. The van der Waals surface area contributed by atoms with Crippen molar-refractivity contribution in [3.05, 3.63) is 23.8 Å². The number of phenolic OH excluding ortho intramolecular Hbond substituents is 1. The van der Waals surface area contributed by atoms with Gasteiger partial charge in [0.25, 0.3) is 5.92 Å². The van der Waals surface area contributed by atoms with Crippen LogP contribution in [-0.2, 0) is 5.92 Å². The van der Waals surface area contributed by atoms with Crippen LogP contribution in [-0.4, -0.2) is 11.7 Å². The average Bonchev–Trinajstić information content (AvgIpc) is 2.06. The van der Waals surface area contributed by atoms with Crippen LogP contribution in [0.1, 0.15) is 12.0 Å². The number of hydrogen-bond acceptors (Lipinski definition) is 2. The third kappa shape index (κ3) is 1.22. The van der Waals surface area contributed by atoms with Gasteiger partial charge in [-0.1, -0.05) is 6.07 Å². The molecule has 1 aromatic carbocycles. The quantitative estimate of drug-likeness (QED) is 0.673. The van der Waals surface area contributed by atoms with Gasteiger partial charge in [-0.25, -0.2) is 8.78 Å². The Labute approximate surface area is 73.8 Å². The van der Waals surface area contributed by atoms with E-state index in [1.807, 2.05) is 0 Å². The highest BCUT2D eigenvalue weighted by molar-refractivity contribution is 5.48. The highest BCUT2D eigenvalue weighted by Crippen LogP contribution is 2.44. The van der Waals surface area contributed by atoms with E-state index in [-0.39, 0.29) is 30.1 Å². The van der Waals surface area contributed by atoms with E-state index < -0.39 is 5.92 Å². The minimum absolute atomic E-state index is 0.0580. The van der Waals surface area contributed by atoms with E-state index in [4.69, 9.17) is 4.74 Å². The highest BCUT2D eigenvalue weighted by atomic mass is 19.3. The van der Waals surface area contributed by atoms with E-state index in [1.54, 1.807) is 0 Å². The van der Waals surface area contributed by atoms with Gasteiger partial charge in [0.2, 0.25) is 0 Å². The molecule has 2 rings (SSSR count). The largest absolute Gasteiger partial charge is 0.504 e. The summed E-state index contributed by atoms with van der Waals surface area (Å²) in [5.41, 5.74) is -0.223. The lowest BCUT2D eigenvalue weighted by molar-refractivity contribution is -0.0412. The Morgan fingerprint density at radius 1 is 1.38 bits per heavy atom. The molecule has 0 radical (unpaired) electrons. The molecule has 0 saturated heterocycles. The molecule has 1 aliphatic heterocycles. The number of alkyl halides is 2. The van der Waals surface area contributed by atoms with Gasteiger partial charge in [0.05, 0.1) is 18.6 Å². The molecular weight excluding hydrogens is 178 g/mol. The molecule has 0 aromatic heterocycles. The van der Waals surface area contributed by atoms with Crippen LogP contribution in [0, 0.1) is 0 Å². The summed E-state index contributed by atoms with van der Waals surface area (Å²) in [7, 11) is 0. The lowest BCUT2D eigenvalue weighted by Gasteiger charge is -2.25. The SMILES string of the molecule is Oc1cccc2c1OCCC2(F)F. The zero-order chi connectivity index (χ0) is 9.47. The fourth-order valence-electron chi connectivity index (χ4n) is 1.38. The summed E-state index contributed by atoms with van der Waals surface area (Å²) >= 11 is 0. The molecule has 1 aromatic rings. The van der Waals surface area contributed by atoms with Crippen LogP contribution in [0.3, 0.4) is 0 Å². The topological polar surface area (TPSA) is 29.5 Å². The zero-order valence-electron chi connectivity index (χ0n) is 6.76. The van der Waals surface area contributed by atoms with Crippen LogP contribution in [0.4, 0.5) is 8.78 Å². The second kappa shape index (κ2) is 2.58. The fourth-order valence-corrected chi connectivity index (χ4v) is 1.38. The molecule has 0 aliphatic carbocycles. The number of benzene rings is 1. The Balaban J connectivity index is 2.58. The Morgan fingerprint density at radius 2 is 2.15 bits per heavy atom. The standard InChI is InChI=1S/C9H8F2O2/c10-9(11)4-5-13-8-6(9)2-1-3-7(8)12/h1-3,12H,4-5H2. The first-order valence-electron chi connectivity index (χ1n) is 3.94. The smallest absolute Gasteiger partial charge is 0.280 e. The number of rotatable bonds is 0. The molecule has 4 heteroatoms. The summed E-state index contributed by atoms with van der Waals surface area (Å²) in [5.74, 6) is -3.19. The third-order valence-electron chi connectivity index (χ3n) is 2.05. The van der Waals surface area contributed by atoms with E-state index in [1.165, 1.54) is 18.2 Å². The Kier molecular flexibility index (Phi) is 1.65. The molecule has 0 unspecified atom stereocenters. The molecule has 1 aliphatic rings. The van der Waals surface area contributed by atoms with Crippen molar-refractivity contribution in [2.75, 3.05) is 6.61 Å². The molecule has 0 amide bonds. The zero-order valence-corrected chi connectivity index (χ0v) is 6.76. The molecule has 0 fully saturated rings. The highest BCUT2D eigenvalue weighted by Gasteiger charge is 2.38. The summed E-state index contributed by atoms with van der Waals surface area (Å²) < 4.78 is 31.3. The normalized spacial score (nSPS) is 18.9. The van der Waals surface area contributed by atoms with Crippen LogP contribution >= 0.6 is 0 Å². The van der Waals surface area contributed by atoms with Gasteiger partial charge in [-0.05, 0) is 12.1 Å². The number of para-hydroxylation sites is 1. The lowest BCUT2D eigenvalue weighted by Crippen LogP contribution is -2.23. The maximum Gasteiger partial charge on any atom is 0.280 e. The van der Waals surface area contributed by atoms with Crippen LogP contribution in [0.15, 0.2) is 18.2 Å². The van der Waals surface area contributed by atoms with Crippen LogP contribution in [0.2, 0.25) is 0 Å². The van der Waals surface area contributed by atoms with E-state index in [2.05, 4.69) is 0 Å². The number of phenols is 1. The van der Waals surface area contributed by atoms with Crippen molar-refractivity contribution in [3.63, 3.8) is 0 Å². The number of ether oxygens (including phenoxy) is 1. The van der Waals surface area contributed by atoms with Crippen molar-refractivity contribution < 1.29 is 18.6 Å². The maximum absolute atomic E-state index is 13.2. The lowest BCUT2D eigenvalue weighted by atomic mass is 10.0. The van der Waals surface area contributed by atoms with E-state index in [0.717, 1.165) is 0 Å². The summed E-state index contributed by atoms with van der Waals surface area (Å²) in [6.07, 6.45) is -0.330. The van der Waals surface area contributed by atoms with Gasteiger partial charge >= 0.3 is 0 Å². The van der Waals surface area contributed by atoms with Crippen LogP contribution in [0.5, 0.6) is 11.5 Å². The van der Waals surface area contributed by atoms with Crippen molar-refractivity contribution in [2.24, 2.45) is 0 Å². The number of hydrogen-bond donors (Lipinski definition) is 1. The van der Waals surface area contributed by atoms with Crippen molar-refractivity contribution in [1.29, 1.82) is 0 Å². The molecule has 0 bridgehead atoms. The molecule has 1 heterocycles. The molecular formula is C9H8F2O2. The number of fused-ring (bicyclic) bond motifs is 1. The van der Waals surface area contributed by atoms with Crippen LogP contribution in [0.25, 0.3) is 0 Å². The van der Waals surface area contributed by atoms with Gasteiger partial charge in [0, 0.05) is 0 Å². The van der Waals surface area contributed by atoms with Crippen LogP contribution < -0.4 is 4.74 Å². The van der Waals surface area contributed by atoms with E-state index in [9.17, 15) is 13.9 Å². The molecule has 0 spiro atoms. The molecule has 1 N–H and O–H groups in total. The van der Waals surface area contributed by atoms with Gasteiger partial charge in [-0.2, -0.15) is 0 Å². The predicted octanol–water partition coefficient (Wildman–Crippen LogP) is 2.27. The summed E-state index contributed by atoms with van der Waals surface area (Å²) in [4.78, 5) is 0. The fraction of sp³-hybridized carbons (Fsp3) is 0.333. The van der Waals surface area contributed by atoms with Crippen molar-refractivity contribution in [2.45, 2.75) is 12.3 Å². The Bertz CT molecular complexity index is 336. The number of halogens is 2. The first kappa shape index (κ1) is 8.29. The maximum atomic E-state index is 13.2.